The first-order valence-electron chi connectivity index (χ1n) is 13.7. The lowest BCUT2D eigenvalue weighted by molar-refractivity contribution is -0.162. The number of hydrogen-bond acceptors (Lipinski definition) is 5. The fourth-order valence-electron chi connectivity index (χ4n) is 5.38. The third-order valence-electron chi connectivity index (χ3n) is 7.88. The molecule has 1 saturated heterocycles. The van der Waals surface area contributed by atoms with Crippen LogP contribution in [0.2, 0.25) is 0 Å². The van der Waals surface area contributed by atoms with Gasteiger partial charge in [0.2, 0.25) is 5.91 Å². The van der Waals surface area contributed by atoms with Crippen LogP contribution in [0.1, 0.15) is 49.3 Å². The van der Waals surface area contributed by atoms with E-state index in [1.54, 1.807) is 6.20 Å². The van der Waals surface area contributed by atoms with E-state index in [1.165, 1.54) is 17.7 Å². The number of aromatic amines is 1. The van der Waals surface area contributed by atoms with Crippen LogP contribution in [0.25, 0.3) is 22.2 Å². The highest BCUT2D eigenvalue weighted by Crippen LogP contribution is 2.31. The van der Waals surface area contributed by atoms with Gasteiger partial charge in [0.1, 0.15) is 12.2 Å². The third-order valence-corrected chi connectivity index (χ3v) is 7.88. The molecular formula is C29H32F3N7O. The van der Waals surface area contributed by atoms with E-state index in [2.05, 4.69) is 51.3 Å². The minimum absolute atomic E-state index is 0.0423. The number of amides is 1. The smallest absolute Gasteiger partial charge is 0.342 e. The number of fused-ring (bicyclic) bond motifs is 1. The number of rotatable bonds is 8. The summed E-state index contributed by atoms with van der Waals surface area (Å²) in [4.78, 5) is 28.2. The highest BCUT2D eigenvalue weighted by Gasteiger charge is 2.35. The van der Waals surface area contributed by atoms with Crippen molar-refractivity contribution in [1.82, 2.24) is 34.5 Å². The number of halogens is 3. The number of carbonyl (C=O) groups excluding carboxylic acids is 1. The van der Waals surface area contributed by atoms with Gasteiger partial charge in [0.25, 0.3) is 0 Å². The van der Waals surface area contributed by atoms with E-state index in [4.69, 9.17) is 4.98 Å². The van der Waals surface area contributed by atoms with Crippen LogP contribution in [0, 0.1) is 5.92 Å². The van der Waals surface area contributed by atoms with Gasteiger partial charge in [0.05, 0.1) is 17.2 Å². The lowest BCUT2D eigenvalue weighted by Crippen LogP contribution is -2.50. The number of nitrogens with zero attached hydrogens (tertiary/aromatic N) is 6. The molecule has 3 aromatic heterocycles. The number of alkyl halides is 3. The molecule has 4 aromatic rings. The summed E-state index contributed by atoms with van der Waals surface area (Å²) in [5.74, 6) is 0.742. The Hall–Kier alpha value is -3.73. The molecule has 1 saturated carbocycles. The molecule has 1 aromatic carbocycles. The summed E-state index contributed by atoms with van der Waals surface area (Å²) >= 11 is 0. The van der Waals surface area contributed by atoms with E-state index in [1.807, 2.05) is 23.0 Å². The number of carbonyl (C=O) groups is 1. The zero-order chi connectivity index (χ0) is 27.9. The van der Waals surface area contributed by atoms with Crippen molar-refractivity contribution in [3.05, 3.63) is 66.0 Å². The van der Waals surface area contributed by atoms with Crippen molar-refractivity contribution >= 4 is 16.9 Å². The van der Waals surface area contributed by atoms with Crippen molar-refractivity contribution in [2.24, 2.45) is 5.92 Å². The predicted molar refractivity (Wildman–Crippen MR) is 144 cm³/mol. The summed E-state index contributed by atoms with van der Waals surface area (Å²) in [7, 11) is 0. The maximum atomic E-state index is 12.6. The fraction of sp³-hybridized carbons (Fsp3) is 0.448. The molecule has 8 nitrogen and oxygen atoms in total. The Morgan fingerprint density at radius 1 is 1.10 bits per heavy atom. The average Bonchev–Trinajstić information content (AvgIpc) is 3.46. The number of aromatic nitrogens is 5. The van der Waals surface area contributed by atoms with Crippen molar-refractivity contribution in [2.75, 3.05) is 26.2 Å². The van der Waals surface area contributed by atoms with Crippen molar-refractivity contribution in [3.8, 4) is 11.1 Å². The second-order valence-electron chi connectivity index (χ2n) is 11.0. The normalized spacial score (nSPS) is 17.4. The van der Waals surface area contributed by atoms with Gasteiger partial charge in [-0.15, -0.1) is 0 Å². The number of benzene rings is 1. The Morgan fingerprint density at radius 2 is 1.90 bits per heavy atom. The van der Waals surface area contributed by atoms with Gasteiger partial charge in [-0.3, -0.25) is 19.4 Å². The van der Waals surface area contributed by atoms with Gasteiger partial charge in [0.15, 0.2) is 0 Å². The van der Waals surface area contributed by atoms with E-state index in [0.29, 0.717) is 32.6 Å². The summed E-state index contributed by atoms with van der Waals surface area (Å²) in [5, 5.41) is 4.51. The highest BCUT2D eigenvalue weighted by atomic mass is 19.4. The SMILES string of the molecule is CC(c1ccnc(Cc2nc3ccc(-c4cnn(CC5CC5)c4)cc3[nH]2)c1)N1CCN(C(=O)CC(F)(F)F)CC1. The minimum Gasteiger partial charge on any atom is -0.342 e. The highest BCUT2D eigenvalue weighted by molar-refractivity contribution is 5.81. The van der Waals surface area contributed by atoms with E-state index in [-0.39, 0.29) is 6.04 Å². The fourth-order valence-corrected chi connectivity index (χ4v) is 5.38. The predicted octanol–water partition coefficient (Wildman–Crippen LogP) is 4.98. The molecule has 1 amide bonds. The molecule has 2 fully saturated rings. The zero-order valence-corrected chi connectivity index (χ0v) is 22.4. The van der Waals surface area contributed by atoms with Crippen molar-refractivity contribution in [3.63, 3.8) is 0 Å². The van der Waals surface area contributed by atoms with Crippen LogP contribution < -0.4 is 0 Å². The zero-order valence-electron chi connectivity index (χ0n) is 22.4. The van der Waals surface area contributed by atoms with Crippen LogP contribution in [0.5, 0.6) is 0 Å². The monoisotopic (exact) mass is 551 g/mol. The Labute approximate surface area is 230 Å². The Morgan fingerprint density at radius 3 is 2.65 bits per heavy atom. The first-order chi connectivity index (χ1) is 19.2. The molecule has 1 aliphatic carbocycles. The molecule has 6 rings (SSSR count). The lowest BCUT2D eigenvalue weighted by Gasteiger charge is -2.38. The maximum absolute atomic E-state index is 12.6. The molecule has 1 N–H and O–H groups in total. The first kappa shape index (κ1) is 26.5. The average molecular weight is 552 g/mol. The molecule has 1 atom stereocenters. The van der Waals surface area contributed by atoms with Gasteiger partial charge in [-0.2, -0.15) is 18.3 Å². The van der Waals surface area contributed by atoms with Crippen LogP contribution in [0.4, 0.5) is 13.2 Å². The first-order valence-corrected chi connectivity index (χ1v) is 13.7. The maximum Gasteiger partial charge on any atom is 0.397 e. The number of piperazine rings is 1. The van der Waals surface area contributed by atoms with Crippen LogP contribution in [0.3, 0.4) is 0 Å². The molecule has 0 spiro atoms. The van der Waals surface area contributed by atoms with Gasteiger partial charge in [0, 0.05) is 68.8 Å². The van der Waals surface area contributed by atoms with Crippen molar-refractivity contribution < 1.29 is 18.0 Å². The Kier molecular flexibility index (Phi) is 7.07. The quantitative estimate of drug-likeness (QED) is 0.334. The van der Waals surface area contributed by atoms with Gasteiger partial charge in [-0.25, -0.2) is 4.98 Å². The standard InChI is InChI=1S/C29H32F3N7O/c1-19(37-8-10-38(11-9-37)28(40)15-29(30,31)32)21-6-7-33-24(12-21)14-27-35-25-5-4-22(13-26(25)36-27)23-16-34-39(18-23)17-20-2-3-20/h4-7,12-13,16,18-20H,2-3,8-11,14-15,17H2,1H3,(H,35,36). The lowest BCUT2D eigenvalue weighted by atomic mass is 10.1. The van der Waals surface area contributed by atoms with Crippen molar-refractivity contribution in [1.29, 1.82) is 0 Å². The molecule has 4 heterocycles. The van der Waals surface area contributed by atoms with Gasteiger partial charge in [-0.1, -0.05) is 6.07 Å². The minimum atomic E-state index is -4.48. The molecule has 0 radical (unpaired) electrons. The summed E-state index contributed by atoms with van der Waals surface area (Å²) < 4.78 is 39.8. The van der Waals surface area contributed by atoms with E-state index >= 15 is 0 Å². The molecule has 11 heteroatoms. The number of H-pyrrole nitrogens is 1. The van der Waals surface area contributed by atoms with Gasteiger partial charge >= 0.3 is 6.18 Å². The summed E-state index contributed by atoms with van der Waals surface area (Å²) in [5.41, 5.74) is 5.99. The molecular weight excluding hydrogens is 519 g/mol. The topological polar surface area (TPSA) is 82.9 Å². The number of imidazole rings is 1. The third kappa shape index (κ3) is 6.19. The number of hydrogen-bond donors (Lipinski definition) is 1. The van der Waals surface area contributed by atoms with E-state index in [9.17, 15) is 18.0 Å². The molecule has 2 aliphatic rings. The van der Waals surface area contributed by atoms with Crippen molar-refractivity contribution in [2.45, 2.75) is 51.4 Å². The Bertz CT molecular complexity index is 1500. The summed E-state index contributed by atoms with van der Waals surface area (Å²) in [6.07, 6.45) is 3.06. The van der Waals surface area contributed by atoms with Gasteiger partial charge < -0.3 is 9.88 Å². The number of pyridine rings is 1. The Balaban J connectivity index is 1.09. The van der Waals surface area contributed by atoms with E-state index < -0.39 is 18.5 Å². The largest absolute Gasteiger partial charge is 0.397 e. The second kappa shape index (κ2) is 10.7. The van der Waals surface area contributed by atoms with Gasteiger partial charge in [-0.05, 0) is 61.1 Å². The molecule has 0 bridgehead atoms. The molecule has 1 unspecified atom stereocenters. The number of nitrogens with one attached hydrogen (secondary N) is 1. The summed E-state index contributed by atoms with van der Waals surface area (Å²) in [6, 6.07) is 10.3. The molecule has 40 heavy (non-hydrogen) atoms. The summed E-state index contributed by atoms with van der Waals surface area (Å²) in [6.45, 7) is 4.68. The molecule has 1 aliphatic heterocycles. The van der Waals surface area contributed by atoms with Crippen LogP contribution in [0.15, 0.2) is 48.9 Å². The van der Waals surface area contributed by atoms with Crippen LogP contribution in [-0.4, -0.2) is 72.8 Å². The molecule has 210 valence electrons. The van der Waals surface area contributed by atoms with E-state index in [0.717, 1.165) is 51.7 Å². The van der Waals surface area contributed by atoms with Crippen LogP contribution >= 0.6 is 0 Å². The second-order valence-corrected chi connectivity index (χ2v) is 11.0. The van der Waals surface area contributed by atoms with Crippen LogP contribution in [-0.2, 0) is 17.8 Å².